The Morgan fingerprint density at radius 2 is 1.25 bits per heavy atom. The Kier molecular flexibility index (Phi) is 4.17. The van der Waals surface area contributed by atoms with E-state index in [2.05, 4.69) is 5.32 Å². The third-order valence-electron chi connectivity index (χ3n) is 3.71. The van der Waals surface area contributed by atoms with Crippen LogP contribution in [-0.4, -0.2) is 17.3 Å². The van der Waals surface area contributed by atoms with Crippen LogP contribution in [0.2, 0.25) is 0 Å². The fraction of sp³-hybridized carbons (Fsp3) is 0.538. The molecular weight excluding hydrogens is 281 g/mol. The fourth-order valence-corrected chi connectivity index (χ4v) is 2.53. The van der Waals surface area contributed by atoms with Crippen LogP contribution in [0.1, 0.15) is 32.1 Å². The van der Waals surface area contributed by atoms with E-state index >= 15 is 0 Å². The maximum atomic E-state index is 13.6. The van der Waals surface area contributed by atoms with E-state index in [1.165, 1.54) is 0 Å². The van der Waals surface area contributed by atoms with E-state index in [4.69, 9.17) is 0 Å². The maximum absolute atomic E-state index is 13.6. The van der Waals surface area contributed by atoms with Crippen molar-refractivity contribution >= 4 is 5.69 Å². The second kappa shape index (κ2) is 5.55. The van der Waals surface area contributed by atoms with Crippen LogP contribution in [0.3, 0.4) is 0 Å². The lowest BCUT2D eigenvalue weighted by atomic mass is 9.82. The van der Waals surface area contributed by atoms with Gasteiger partial charge in [-0.1, -0.05) is 19.3 Å². The molecule has 7 heteroatoms. The Bertz CT molecular complexity index is 485. The summed E-state index contributed by atoms with van der Waals surface area (Å²) >= 11 is 0. The molecule has 0 aliphatic heterocycles. The smallest absolute Gasteiger partial charge is 0.200 e. The van der Waals surface area contributed by atoms with Crippen LogP contribution in [0.25, 0.3) is 0 Å². The molecule has 0 atom stereocenters. The average Bonchev–Trinajstić information content (AvgIpc) is 2.48. The summed E-state index contributed by atoms with van der Waals surface area (Å²) in [5, 5.41) is 11.8. The van der Waals surface area contributed by atoms with Gasteiger partial charge in [-0.2, -0.15) is 0 Å². The number of nitrogens with one attached hydrogen (secondary N) is 1. The summed E-state index contributed by atoms with van der Waals surface area (Å²) in [6.45, 7) is -0.438. The molecular formula is C13H14F5NO. The van der Waals surface area contributed by atoms with Crippen molar-refractivity contribution in [1.29, 1.82) is 0 Å². The molecule has 1 aromatic rings. The second-order valence-corrected chi connectivity index (χ2v) is 5.07. The fourth-order valence-electron chi connectivity index (χ4n) is 2.53. The van der Waals surface area contributed by atoms with E-state index in [9.17, 15) is 27.1 Å². The lowest BCUT2D eigenvalue weighted by molar-refractivity contribution is 0.171. The van der Waals surface area contributed by atoms with Gasteiger partial charge in [-0.15, -0.1) is 0 Å². The summed E-state index contributed by atoms with van der Waals surface area (Å²) in [6.07, 6.45) is 3.14. The lowest BCUT2D eigenvalue weighted by Crippen LogP contribution is -2.44. The van der Waals surface area contributed by atoms with E-state index < -0.39 is 46.9 Å². The molecule has 2 N–H and O–H groups in total. The largest absolute Gasteiger partial charge is 0.394 e. The standard InChI is InChI=1S/C13H14F5NO/c14-7-8(15)10(17)12(11(18)9(7)16)19-13(6-20)4-2-1-3-5-13/h19-20H,1-6H2. The predicted molar refractivity (Wildman–Crippen MR) is 62.8 cm³/mol. The Hall–Kier alpha value is -1.37. The summed E-state index contributed by atoms with van der Waals surface area (Å²) in [5.74, 6) is -9.97. The third-order valence-corrected chi connectivity index (χ3v) is 3.71. The number of rotatable bonds is 3. The van der Waals surface area contributed by atoms with Crippen LogP contribution in [0, 0.1) is 29.1 Å². The first kappa shape index (κ1) is 15.0. The highest BCUT2D eigenvalue weighted by atomic mass is 19.2. The lowest BCUT2D eigenvalue weighted by Gasteiger charge is -2.37. The van der Waals surface area contributed by atoms with Gasteiger partial charge in [0, 0.05) is 0 Å². The van der Waals surface area contributed by atoms with Crippen LogP contribution < -0.4 is 5.32 Å². The third kappa shape index (κ3) is 2.46. The molecule has 0 heterocycles. The highest BCUT2D eigenvalue weighted by Crippen LogP contribution is 2.35. The molecule has 2 rings (SSSR count). The summed E-state index contributed by atoms with van der Waals surface area (Å²) < 4.78 is 66.4. The molecule has 0 aromatic heterocycles. The van der Waals surface area contributed by atoms with Gasteiger partial charge >= 0.3 is 0 Å². The first-order valence-corrected chi connectivity index (χ1v) is 6.32. The van der Waals surface area contributed by atoms with Crippen molar-refractivity contribution < 1.29 is 27.1 Å². The first-order chi connectivity index (χ1) is 9.42. The Labute approximate surface area is 112 Å². The van der Waals surface area contributed by atoms with Gasteiger partial charge in [-0.25, -0.2) is 22.0 Å². The van der Waals surface area contributed by atoms with Crippen molar-refractivity contribution in [3.05, 3.63) is 29.1 Å². The van der Waals surface area contributed by atoms with E-state index in [-0.39, 0.29) is 0 Å². The van der Waals surface area contributed by atoms with Crippen LogP contribution in [0.5, 0.6) is 0 Å². The maximum Gasteiger partial charge on any atom is 0.200 e. The quantitative estimate of drug-likeness (QED) is 0.508. The van der Waals surface area contributed by atoms with Gasteiger partial charge in [0.1, 0.15) is 5.69 Å². The Morgan fingerprint density at radius 1 is 0.800 bits per heavy atom. The van der Waals surface area contributed by atoms with Crippen molar-refractivity contribution in [3.63, 3.8) is 0 Å². The second-order valence-electron chi connectivity index (χ2n) is 5.07. The molecule has 0 spiro atoms. The molecule has 0 saturated heterocycles. The molecule has 0 unspecified atom stereocenters. The number of aliphatic hydroxyl groups is 1. The number of aliphatic hydroxyl groups excluding tert-OH is 1. The van der Waals surface area contributed by atoms with Crippen molar-refractivity contribution in [1.82, 2.24) is 0 Å². The van der Waals surface area contributed by atoms with Crippen molar-refractivity contribution in [2.75, 3.05) is 11.9 Å². The molecule has 0 radical (unpaired) electrons. The van der Waals surface area contributed by atoms with E-state index in [1.807, 2.05) is 0 Å². The van der Waals surface area contributed by atoms with Gasteiger partial charge in [0.05, 0.1) is 12.1 Å². The average molecular weight is 295 g/mol. The zero-order valence-corrected chi connectivity index (χ0v) is 10.6. The monoisotopic (exact) mass is 295 g/mol. The van der Waals surface area contributed by atoms with Crippen LogP contribution in [0.15, 0.2) is 0 Å². The zero-order chi connectivity index (χ0) is 14.9. The molecule has 112 valence electrons. The SMILES string of the molecule is OCC1(Nc2c(F)c(F)c(F)c(F)c2F)CCCCC1. The number of anilines is 1. The van der Waals surface area contributed by atoms with Gasteiger partial charge in [-0.05, 0) is 12.8 Å². The molecule has 0 amide bonds. The minimum atomic E-state index is -2.19. The number of benzene rings is 1. The van der Waals surface area contributed by atoms with Gasteiger partial charge in [0.15, 0.2) is 23.3 Å². The molecule has 1 aliphatic rings. The number of hydrogen-bond acceptors (Lipinski definition) is 2. The summed E-state index contributed by atoms with van der Waals surface area (Å²) in [5.41, 5.74) is -2.12. The molecule has 1 aromatic carbocycles. The van der Waals surface area contributed by atoms with E-state index in [0.29, 0.717) is 25.7 Å². The van der Waals surface area contributed by atoms with Gasteiger partial charge in [-0.3, -0.25) is 0 Å². The van der Waals surface area contributed by atoms with Crippen molar-refractivity contribution in [2.24, 2.45) is 0 Å². The normalized spacial score (nSPS) is 18.1. The number of halogens is 5. The number of hydrogen-bond donors (Lipinski definition) is 2. The Balaban J connectivity index is 2.42. The molecule has 1 aliphatic carbocycles. The van der Waals surface area contributed by atoms with Crippen LogP contribution in [0.4, 0.5) is 27.6 Å². The minimum Gasteiger partial charge on any atom is -0.394 e. The zero-order valence-electron chi connectivity index (χ0n) is 10.6. The summed E-state index contributed by atoms with van der Waals surface area (Å²) in [6, 6.07) is 0. The predicted octanol–water partition coefficient (Wildman–Crippen LogP) is 3.49. The van der Waals surface area contributed by atoms with Gasteiger partial charge in [0.2, 0.25) is 5.82 Å². The van der Waals surface area contributed by atoms with Crippen LogP contribution >= 0.6 is 0 Å². The van der Waals surface area contributed by atoms with Crippen molar-refractivity contribution in [3.8, 4) is 0 Å². The Morgan fingerprint density at radius 3 is 1.70 bits per heavy atom. The minimum absolute atomic E-state index is 0.406. The van der Waals surface area contributed by atoms with Crippen LogP contribution in [-0.2, 0) is 0 Å². The molecule has 1 saturated carbocycles. The van der Waals surface area contributed by atoms with E-state index in [1.54, 1.807) is 0 Å². The van der Waals surface area contributed by atoms with Gasteiger partial charge in [0.25, 0.3) is 0 Å². The molecule has 1 fully saturated rings. The highest BCUT2D eigenvalue weighted by molar-refractivity contribution is 5.50. The molecule has 20 heavy (non-hydrogen) atoms. The topological polar surface area (TPSA) is 32.3 Å². The van der Waals surface area contributed by atoms with Gasteiger partial charge < -0.3 is 10.4 Å². The molecule has 0 bridgehead atoms. The van der Waals surface area contributed by atoms with Crippen molar-refractivity contribution in [2.45, 2.75) is 37.6 Å². The summed E-state index contributed by atoms with van der Waals surface area (Å²) in [7, 11) is 0. The first-order valence-electron chi connectivity index (χ1n) is 6.32. The summed E-state index contributed by atoms with van der Waals surface area (Å²) in [4.78, 5) is 0. The highest BCUT2D eigenvalue weighted by Gasteiger charge is 2.35. The van der Waals surface area contributed by atoms with E-state index in [0.717, 1.165) is 6.42 Å². The molecule has 2 nitrogen and oxygen atoms in total.